The third-order valence-electron chi connectivity index (χ3n) is 3.44. The van der Waals surface area contributed by atoms with Gasteiger partial charge in [-0.3, -0.25) is 0 Å². The van der Waals surface area contributed by atoms with Crippen LogP contribution in [0, 0.1) is 18.3 Å². The molecular formula is C14H18N2O. The van der Waals surface area contributed by atoms with Crippen molar-refractivity contribution in [2.24, 2.45) is 0 Å². The Kier molecular flexibility index (Phi) is 3.65. The topological polar surface area (TPSA) is 36.3 Å². The van der Waals surface area contributed by atoms with Crippen LogP contribution >= 0.6 is 0 Å². The second-order valence-electron chi connectivity index (χ2n) is 4.57. The predicted octanol–water partition coefficient (Wildman–Crippen LogP) is 2.48. The fourth-order valence-electron chi connectivity index (χ4n) is 2.39. The molecule has 17 heavy (non-hydrogen) atoms. The van der Waals surface area contributed by atoms with E-state index in [1.165, 1.54) is 5.69 Å². The largest absolute Gasteiger partial charge is 0.381 e. The normalized spacial score (nSPS) is 16.5. The molecule has 0 amide bonds. The Bertz CT molecular complexity index is 430. The lowest BCUT2D eigenvalue weighted by Gasteiger charge is -2.33. The number of ether oxygens (including phenoxy) is 1. The molecule has 1 aromatic rings. The summed E-state index contributed by atoms with van der Waals surface area (Å²) in [6.45, 7) is 3.76. The molecule has 1 aromatic carbocycles. The van der Waals surface area contributed by atoms with Gasteiger partial charge in [-0.05, 0) is 43.5 Å². The number of benzene rings is 1. The fourth-order valence-corrected chi connectivity index (χ4v) is 2.39. The van der Waals surface area contributed by atoms with Crippen LogP contribution in [-0.2, 0) is 4.74 Å². The van der Waals surface area contributed by atoms with Crippen molar-refractivity contribution in [1.82, 2.24) is 0 Å². The molecule has 0 saturated carbocycles. The lowest BCUT2D eigenvalue weighted by Crippen LogP contribution is -2.37. The van der Waals surface area contributed by atoms with E-state index in [1.807, 2.05) is 18.2 Å². The molecular weight excluding hydrogens is 212 g/mol. The number of hydrogen-bond donors (Lipinski definition) is 0. The summed E-state index contributed by atoms with van der Waals surface area (Å²) in [5.41, 5.74) is 3.11. The first-order valence-electron chi connectivity index (χ1n) is 6.03. The smallest absolute Gasteiger partial charge is 0.0991 e. The van der Waals surface area contributed by atoms with Gasteiger partial charge in [-0.1, -0.05) is 0 Å². The minimum Gasteiger partial charge on any atom is -0.381 e. The van der Waals surface area contributed by atoms with Crippen molar-refractivity contribution in [2.45, 2.75) is 25.8 Å². The van der Waals surface area contributed by atoms with E-state index in [0.717, 1.165) is 37.2 Å². The first-order valence-corrected chi connectivity index (χ1v) is 6.03. The average Bonchev–Trinajstić information content (AvgIpc) is 2.39. The molecule has 2 rings (SSSR count). The Morgan fingerprint density at radius 2 is 2.06 bits per heavy atom. The molecule has 0 aromatic heterocycles. The van der Waals surface area contributed by atoms with Crippen LogP contribution in [0.15, 0.2) is 18.2 Å². The maximum absolute atomic E-state index is 8.86. The van der Waals surface area contributed by atoms with Crippen LogP contribution in [-0.4, -0.2) is 26.3 Å². The second-order valence-corrected chi connectivity index (χ2v) is 4.57. The van der Waals surface area contributed by atoms with Gasteiger partial charge in [0.2, 0.25) is 0 Å². The Hall–Kier alpha value is -1.53. The number of aryl methyl sites for hydroxylation is 1. The van der Waals surface area contributed by atoms with E-state index >= 15 is 0 Å². The molecule has 1 heterocycles. The third kappa shape index (κ3) is 2.59. The van der Waals surface area contributed by atoms with Crippen LogP contribution in [0.5, 0.6) is 0 Å². The van der Waals surface area contributed by atoms with Gasteiger partial charge in [-0.2, -0.15) is 5.26 Å². The van der Waals surface area contributed by atoms with Crippen LogP contribution in [0.1, 0.15) is 24.0 Å². The van der Waals surface area contributed by atoms with Crippen molar-refractivity contribution in [3.05, 3.63) is 29.3 Å². The van der Waals surface area contributed by atoms with Gasteiger partial charge >= 0.3 is 0 Å². The van der Waals surface area contributed by atoms with E-state index in [1.54, 1.807) is 0 Å². The minimum atomic E-state index is 0.551. The minimum absolute atomic E-state index is 0.551. The standard InChI is InChI=1S/C14H18N2O/c1-11-9-12(10-15)3-4-14(11)16(2)13-5-7-17-8-6-13/h3-4,9,13H,5-8H2,1-2H3. The zero-order chi connectivity index (χ0) is 12.3. The lowest BCUT2D eigenvalue weighted by atomic mass is 10.0. The first kappa shape index (κ1) is 11.9. The van der Waals surface area contributed by atoms with E-state index in [2.05, 4.69) is 24.9 Å². The second kappa shape index (κ2) is 5.20. The monoisotopic (exact) mass is 230 g/mol. The van der Waals surface area contributed by atoms with Crippen LogP contribution < -0.4 is 4.90 Å². The highest BCUT2D eigenvalue weighted by atomic mass is 16.5. The Labute approximate surface area is 103 Å². The summed E-state index contributed by atoms with van der Waals surface area (Å²) in [4.78, 5) is 2.32. The summed E-state index contributed by atoms with van der Waals surface area (Å²) in [5.74, 6) is 0. The van der Waals surface area contributed by atoms with Gasteiger partial charge in [0.15, 0.2) is 0 Å². The van der Waals surface area contributed by atoms with E-state index in [0.29, 0.717) is 6.04 Å². The molecule has 0 spiro atoms. The Balaban J connectivity index is 2.18. The van der Waals surface area contributed by atoms with Crippen molar-refractivity contribution in [3.63, 3.8) is 0 Å². The first-order chi connectivity index (χ1) is 8.22. The number of nitrogens with zero attached hydrogens (tertiary/aromatic N) is 2. The van der Waals surface area contributed by atoms with E-state index in [4.69, 9.17) is 10.00 Å². The molecule has 0 radical (unpaired) electrons. The summed E-state index contributed by atoms with van der Waals surface area (Å²) in [7, 11) is 2.13. The zero-order valence-corrected chi connectivity index (χ0v) is 10.4. The van der Waals surface area contributed by atoms with Crippen molar-refractivity contribution >= 4 is 5.69 Å². The van der Waals surface area contributed by atoms with Crippen LogP contribution in [0.2, 0.25) is 0 Å². The van der Waals surface area contributed by atoms with E-state index in [-0.39, 0.29) is 0 Å². The molecule has 0 aliphatic carbocycles. The number of anilines is 1. The Morgan fingerprint density at radius 3 is 2.65 bits per heavy atom. The molecule has 1 aliphatic heterocycles. The van der Waals surface area contributed by atoms with Gasteiger partial charge in [0.05, 0.1) is 11.6 Å². The summed E-state index contributed by atoms with van der Waals surface area (Å²) in [5, 5.41) is 8.86. The molecule has 0 N–H and O–H groups in total. The third-order valence-corrected chi connectivity index (χ3v) is 3.44. The molecule has 1 aliphatic rings. The van der Waals surface area contributed by atoms with E-state index < -0.39 is 0 Å². The lowest BCUT2D eigenvalue weighted by molar-refractivity contribution is 0.0854. The molecule has 0 bridgehead atoms. The predicted molar refractivity (Wildman–Crippen MR) is 68.1 cm³/mol. The van der Waals surface area contributed by atoms with Crippen molar-refractivity contribution < 1.29 is 4.74 Å². The summed E-state index contributed by atoms with van der Waals surface area (Å²) in [6, 6.07) is 8.61. The SMILES string of the molecule is Cc1cc(C#N)ccc1N(C)C1CCOCC1. The fraction of sp³-hybridized carbons (Fsp3) is 0.500. The van der Waals surface area contributed by atoms with Gasteiger partial charge < -0.3 is 9.64 Å². The molecule has 0 unspecified atom stereocenters. The van der Waals surface area contributed by atoms with E-state index in [9.17, 15) is 0 Å². The number of hydrogen-bond acceptors (Lipinski definition) is 3. The average molecular weight is 230 g/mol. The molecule has 0 atom stereocenters. The maximum atomic E-state index is 8.86. The summed E-state index contributed by atoms with van der Waals surface area (Å²) in [6.07, 6.45) is 2.16. The van der Waals surface area contributed by atoms with Gasteiger partial charge in [0.1, 0.15) is 0 Å². The van der Waals surface area contributed by atoms with Crippen molar-refractivity contribution in [2.75, 3.05) is 25.2 Å². The van der Waals surface area contributed by atoms with Crippen molar-refractivity contribution in [3.8, 4) is 6.07 Å². The zero-order valence-electron chi connectivity index (χ0n) is 10.4. The highest BCUT2D eigenvalue weighted by molar-refractivity contribution is 5.56. The van der Waals surface area contributed by atoms with Gasteiger partial charge in [-0.15, -0.1) is 0 Å². The molecule has 3 nitrogen and oxygen atoms in total. The molecule has 90 valence electrons. The number of rotatable bonds is 2. The summed E-state index contributed by atoms with van der Waals surface area (Å²) >= 11 is 0. The van der Waals surface area contributed by atoms with Crippen LogP contribution in [0.25, 0.3) is 0 Å². The highest BCUT2D eigenvalue weighted by Crippen LogP contribution is 2.25. The molecule has 1 saturated heterocycles. The quantitative estimate of drug-likeness (QED) is 0.783. The highest BCUT2D eigenvalue weighted by Gasteiger charge is 2.19. The van der Waals surface area contributed by atoms with Crippen molar-refractivity contribution in [1.29, 1.82) is 5.26 Å². The van der Waals surface area contributed by atoms with Gasteiger partial charge in [0.25, 0.3) is 0 Å². The molecule has 1 fully saturated rings. The molecule has 3 heteroatoms. The maximum Gasteiger partial charge on any atom is 0.0991 e. The summed E-state index contributed by atoms with van der Waals surface area (Å²) < 4.78 is 5.38. The van der Waals surface area contributed by atoms with Crippen LogP contribution in [0.3, 0.4) is 0 Å². The van der Waals surface area contributed by atoms with Crippen LogP contribution in [0.4, 0.5) is 5.69 Å². The number of nitriles is 1. The Morgan fingerprint density at radius 1 is 1.35 bits per heavy atom. The van der Waals surface area contributed by atoms with Gasteiger partial charge in [-0.25, -0.2) is 0 Å². The van der Waals surface area contributed by atoms with Gasteiger partial charge in [0, 0.05) is 32.0 Å².